The molecule has 21 heavy (non-hydrogen) atoms. The normalized spacial score (nSPS) is 25.7. The Kier molecular flexibility index (Phi) is 6.61. The minimum atomic E-state index is -0.453. The predicted octanol–water partition coefficient (Wildman–Crippen LogP) is 3.06. The van der Waals surface area contributed by atoms with Crippen LogP contribution in [0.4, 0.5) is 0 Å². The van der Waals surface area contributed by atoms with E-state index in [1.165, 1.54) is 12.8 Å². The van der Waals surface area contributed by atoms with Crippen LogP contribution in [0.15, 0.2) is 5.38 Å². The van der Waals surface area contributed by atoms with E-state index < -0.39 is 6.10 Å². The zero-order valence-electron chi connectivity index (χ0n) is 13.3. The number of ether oxygens (including phenoxy) is 1. The number of rotatable bonds is 7. The Hall–Kier alpha value is -0.490. The van der Waals surface area contributed by atoms with Crippen molar-refractivity contribution in [3.05, 3.63) is 16.1 Å². The standard InChI is InChI=1S/C16H28N2O2S/c1-11-5-4-6-15(7-11)20-9-14(19)8-17-13(3)16-18-12(2)10-21-16/h10-11,13-15,17,19H,4-9H2,1-3H3. The first-order valence-electron chi connectivity index (χ1n) is 7.99. The molecule has 2 rings (SSSR count). The van der Waals surface area contributed by atoms with Crippen molar-refractivity contribution >= 4 is 11.3 Å². The minimum absolute atomic E-state index is 0.174. The average Bonchev–Trinajstić information content (AvgIpc) is 2.89. The summed E-state index contributed by atoms with van der Waals surface area (Å²) >= 11 is 1.66. The number of aryl methyl sites for hydroxylation is 1. The summed E-state index contributed by atoms with van der Waals surface area (Å²) in [6, 6.07) is 0.174. The molecule has 0 amide bonds. The van der Waals surface area contributed by atoms with E-state index in [1.807, 2.05) is 6.92 Å². The van der Waals surface area contributed by atoms with Gasteiger partial charge in [0.25, 0.3) is 0 Å². The van der Waals surface area contributed by atoms with Crippen LogP contribution in [0.25, 0.3) is 0 Å². The van der Waals surface area contributed by atoms with Gasteiger partial charge in [-0.05, 0) is 32.6 Å². The zero-order chi connectivity index (χ0) is 15.2. The molecule has 0 radical (unpaired) electrons. The highest BCUT2D eigenvalue weighted by atomic mass is 32.1. The molecule has 0 saturated heterocycles. The molecule has 4 atom stereocenters. The van der Waals surface area contributed by atoms with Gasteiger partial charge in [-0.2, -0.15) is 0 Å². The summed E-state index contributed by atoms with van der Waals surface area (Å²) in [4.78, 5) is 4.46. The van der Waals surface area contributed by atoms with Gasteiger partial charge in [0.05, 0.1) is 24.9 Å². The lowest BCUT2D eigenvalue weighted by Crippen LogP contribution is -2.34. The largest absolute Gasteiger partial charge is 0.389 e. The molecule has 1 saturated carbocycles. The lowest BCUT2D eigenvalue weighted by molar-refractivity contribution is -0.0310. The van der Waals surface area contributed by atoms with Crippen molar-refractivity contribution in [2.24, 2.45) is 5.92 Å². The Morgan fingerprint density at radius 3 is 3.00 bits per heavy atom. The van der Waals surface area contributed by atoms with E-state index in [9.17, 15) is 5.11 Å². The van der Waals surface area contributed by atoms with Crippen LogP contribution in [0.2, 0.25) is 0 Å². The van der Waals surface area contributed by atoms with E-state index in [4.69, 9.17) is 4.74 Å². The smallest absolute Gasteiger partial charge is 0.110 e. The van der Waals surface area contributed by atoms with Crippen LogP contribution in [0.5, 0.6) is 0 Å². The molecule has 0 aromatic carbocycles. The van der Waals surface area contributed by atoms with Gasteiger partial charge in [0, 0.05) is 17.6 Å². The third kappa shape index (κ3) is 5.66. The first-order valence-corrected chi connectivity index (χ1v) is 8.87. The van der Waals surface area contributed by atoms with Gasteiger partial charge in [-0.3, -0.25) is 0 Å². The SMILES string of the molecule is Cc1csc(C(C)NCC(O)COC2CCCC(C)C2)n1. The number of hydrogen-bond acceptors (Lipinski definition) is 5. The fraction of sp³-hybridized carbons (Fsp3) is 0.812. The maximum atomic E-state index is 10.0. The lowest BCUT2D eigenvalue weighted by atomic mass is 9.89. The molecule has 2 N–H and O–H groups in total. The van der Waals surface area contributed by atoms with Crippen molar-refractivity contribution in [3.63, 3.8) is 0 Å². The maximum absolute atomic E-state index is 10.0. The van der Waals surface area contributed by atoms with E-state index >= 15 is 0 Å². The van der Waals surface area contributed by atoms with Gasteiger partial charge in [-0.15, -0.1) is 11.3 Å². The second kappa shape index (κ2) is 8.22. The summed E-state index contributed by atoms with van der Waals surface area (Å²) in [5.74, 6) is 0.757. The number of aliphatic hydroxyl groups excluding tert-OH is 1. The predicted molar refractivity (Wildman–Crippen MR) is 86.6 cm³/mol. The Labute approximate surface area is 131 Å². The average molecular weight is 312 g/mol. The molecule has 5 heteroatoms. The fourth-order valence-corrected chi connectivity index (χ4v) is 3.64. The highest BCUT2D eigenvalue weighted by Gasteiger charge is 2.20. The summed E-state index contributed by atoms with van der Waals surface area (Å²) in [5, 5.41) is 16.5. The van der Waals surface area contributed by atoms with Crippen molar-refractivity contribution in [2.45, 2.75) is 64.7 Å². The Bertz CT molecular complexity index is 424. The Morgan fingerprint density at radius 1 is 1.52 bits per heavy atom. The van der Waals surface area contributed by atoms with Crippen LogP contribution in [-0.2, 0) is 4.74 Å². The van der Waals surface area contributed by atoms with Gasteiger partial charge < -0.3 is 15.2 Å². The van der Waals surface area contributed by atoms with Crippen molar-refractivity contribution < 1.29 is 9.84 Å². The third-order valence-electron chi connectivity index (χ3n) is 4.08. The van der Waals surface area contributed by atoms with Crippen LogP contribution in [-0.4, -0.2) is 35.5 Å². The lowest BCUT2D eigenvalue weighted by Gasteiger charge is -2.27. The van der Waals surface area contributed by atoms with Gasteiger partial charge >= 0.3 is 0 Å². The summed E-state index contributed by atoms with van der Waals surface area (Å²) in [7, 11) is 0. The number of aromatic nitrogens is 1. The Balaban J connectivity index is 1.64. The third-order valence-corrected chi connectivity index (χ3v) is 5.22. The van der Waals surface area contributed by atoms with Crippen LogP contribution < -0.4 is 5.32 Å². The topological polar surface area (TPSA) is 54.4 Å². The quantitative estimate of drug-likeness (QED) is 0.812. The number of thiazole rings is 1. The van der Waals surface area contributed by atoms with Gasteiger partial charge in [0.2, 0.25) is 0 Å². The Morgan fingerprint density at radius 2 is 2.33 bits per heavy atom. The van der Waals surface area contributed by atoms with E-state index in [0.717, 1.165) is 29.5 Å². The molecule has 0 bridgehead atoms. The van der Waals surface area contributed by atoms with Crippen LogP contribution in [0, 0.1) is 12.8 Å². The summed E-state index contributed by atoms with van der Waals surface area (Å²) < 4.78 is 5.85. The van der Waals surface area contributed by atoms with E-state index in [1.54, 1.807) is 11.3 Å². The molecule has 4 nitrogen and oxygen atoms in total. The van der Waals surface area contributed by atoms with Crippen molar-refractivity contribution in [2.75, 3.05) is 13.2 Å². The zero-order valence-corrected chi connectivity index (χ0v) is 14.2. The van der Waals surface area contributed by atoms with Crippen molar-refractivity contribution in [1.29, 1.82) is 0 Å². The first-order chi connectivity index (χ1) is 10.0. The molecule has 1 aromatic heterocycles. The van der Waals surface area contributed by atoms with Crippen molar-refractivity contribution in [3.8, 4) is 0 Å². The summed E-state index contributed by atoms with van der Waals surface area (Å²) in [6.07, 6.45) is 4.72. The highest BCUT2D eigenvalue weighted by Crippen LogP contribution is 2.25. The van der Waals surface area contributed by atoms with Crippen LogP contribution in [0.3, 0.4) is 0 Å². The van der Waals surface area contributed by atoms with Crippen molar-refractivity contribution in [1.82, 2.24) is 10.3 Å². The fourth-order valence-electron chi connectivity index (χ4n) is 2.81. The maximum Gasteiger partial charge on any atom is 0.110 e. The molecule has 1 aliphatic rings. The molecule has 120 valence electrons. The molecule has 0 spiro atoms. The minimum Gasteiger partial charge on any atom is -0.389 e. The number of aliphatic hydroxyl groups is 1. The van der Waals surface area contributed by atoms with E-state index in [0.29, 0.717) is 19.3 Å². The molecular weight excluding hydrogens is 284 g/mol. The van der Waals surface area contributed by atoms with E-state index in [2.05, 4.69) is 29.5 Å². The molecule has 1 aromatic rings. The molecule has 0 aliphatic heterocycles. The van der Waals surface area contributed by atoms with Crippen LogP contribution in [0.1, 0.15) is 56.3 Å². The number of nitrogens with zero attached hydrogens (tertiary/aromatic N) is 1. The second-order valence-corrected chi connectivity index (χ2v) is 7.23. The highest BCUT2D eigenvalue weighted by molar-refractivity contribution is 7.09. The van der Waals surface area contributed by atoms with Gasteiger partial charge in [0.1, 0.15) is 5.01 Å². The molecule has 1 heterocycles. The van der Waals surface area contributed by atoms with E-state index in [-0.39, 0.29) is 6.04 Å². The first kappa shape index (κ1) is 16.9. The van der Waals surface area contributed by atoms with Gasteiger partial charge in [-0.1, -0.05) is 19.8 Å². The number of hydrogen-bond donors (Lipinski definition) is 2. The van der Waals surface area contributed by atoms with Gasteiger partial charge in [0.15, 0.2) is 0 Å². The summed E-state index contributed by atoms with van der Waals surface area (Å²) in [6.45, 7) is 7.33. The number of nitrogens with one attached hydrogen (secondary N) is 1. The molecule has 4 unspecified atom stereocenters. The van der Waals surface area contributed by atoms with Gasteiger partial charge in [-0.25, -0.2) is 4.98 Å². The monoisotopic (exact) mass is 312 g/mol. The second-order valence-electron chi connectivity index (χ2n) is 6.34. The molecule has 1 aliphatic carbocycles. The summed E-state index contributed by atoms with van der Waals surface area (Å²) in [5.41, 5.74) is 1.05. The molecule has 1 fully saturated rings. The molecular formula is C16H28N2O2S. The van der Waals surface area contributed by atoms with Crippen LogP contribution >= 0.6 is 11.3 Å².